The van der Waals surface area contributed by atoms with E-state index in [2.05, 4.69) is 0 Å². The minimum Gasteiger partial charge on any atom is -0.496 e. The summed E-state index contributed by atoms with van der Waals surface area (Å²) in [4.78, 5) is 14.3. The Kier molecular flexibility index (Phi) is 5.29. The van der Waals surface area contributed by atoms with Crippen LogP contribution in [-0.2, 0) is 10.0 Å². The van der Waals surface area contributed by atoms with E-state index >= 15 is 0 Å². The van der Waals surface area contributed by atoms with E-state index < -0.39 is 10.0 Å². The Labute approximate surface area is 153 Å². The maximum Gasteiger partial charge on any atom is 0.253 e. The summed E-state index contributed by atoms with van der Waals surface area (Å²) in [6, 6.07) is 15.1. The van der Waals surface area contributed by atoms with Gasteiger partial charge in [-0.25, -0.2) is 13.6 Å². The van der Waals surface area contributed by atoms with Crippen molar-refractivity contribution >= 4 is 15.9 Å². The molecule has 0 unspecified atom stereocenters. The summed E-state index contributed by atoms with van der Waals surface area (Å²) in [5.41, 5.74) is 2.51. The average Bonchev–Trinajstić information content (AvgIpc) is 3.07. The monoisotopic (exact) mass is 374 g/mol. The van der Waals surface area contributed by atoms with Crippen molar-refractivity contribution in [3.05, 3.63) is 54.1 Å². The van der Waals surface area contributed by atoms with Gasteiger partial charge < -0.3 is 9.64 Å². The van der Waals surface area contributed by atoms with E-state index in [1.807, 2.05) is 36.4 Å². The third-order valence-electron chi connectivity index (χ3n) is 4.59. The maximum atomic E-state index is 12.6. The highest BCUT2D eigenvalue weighted by Crippen LogP contribution is 2.30. The van der Waals surface area contributed by atoms with E-state index in [0.717, 1.165) is 16.9 Å². The van der Waals surface area contributed by atoms with E-state index in [4.69, 9.17) is 9.88 Å². The molecule has 2 aromatic carbocycles. The van der Waals surface area contributed by atoms with Crippen LogP contribution in [0.15, 0.2) is 48.5 Å². The Bertz CT molecular complexity index is 894. The summed E-state index contributed by atoms with van der Waals surface area (Å²) in [6.45, 7) is 0.969. The fourth-order valence-corrected chi connectivity index (χ4v) is 4.27. The number of hydrogen-bond acceptors (Lipinski definition) is 4. The fraction of sp³-hybridized carbons (Fsp3) is 0.316. The molecule has 1 atom stereocenters. The molecule has 6 nitrogen and oxygen atoms in total. The number of methoxy groups -OCH3 is 1. The molecule has 1 heterocycles. The van der Waals surface area contributed by atoms with Crippen molar-refractivity contribution < 1.29 is 17.9 Å². The van der Waals surface area contributed by atoms with Gasteiger partial charge in [-0.1, -0.05) is 30.3 Å². The quantitative estimate of drug-likeness (QED) is 0.868. The Morgan fingerprint density at radius 3 is 2.54 bits per heavy atom. The number of sulfonamides is 1. The Morgan fingerprint density at radius 2 is 1.88 bits per heavy atom. The molecule has 2 N–H and O–H groups in total. The Balaban J connectivity index is 1.72. The maximum absolute atomic E-state index is 12.6. The van der Waals surface area contributed by atoms with Crippen molar-refractivity contribution in [3.8, 4) is 16.9 Å². The molecule has 0 saturated carbocycles. The van der Waals surface area contributed by atoms with Crippen LogP contribution in [0.2, 0.25) is 0 Å². The molecule has 0 aliphatic carbocycles. The number of amides is 1. The first-order valence-corrected chi connectivity index (χ1v) is 10.1. The highest BCUT2D eigenvalue weighted by atomic mass is 32.2. The molecule has 138 valence electrons. The summed E-state index contributed by atoms with van der Waals surface area (Å²) in [5.74, 6) is 0.510. The van der Waals surface area contributed by atoms with Crippen molar-refractivity contribution in [1.29, 1.82) is 0 Å². The van der Waals surface area contributed by atoms with Gasteiger partial charge in [-0.3, -0.25) is 4.79 Å². The van der Waals surface area contributed by atoms with E-state index in [1.165, 1.54) is 0 Å². The third-order valence-corrected chi connectivity index (χ3v) is 5.53. The van der Waals surface area contributed by atoms with Gasteiger partial charge in [-0.2, -0.15) is 0 Å². The average molecular weight is 374 g/mol. The zero-order valence-electron chi connectivity index (χ0n) is 14.6. The van der Waals surface area contributed by atoms with Gasteiger partial charge in [0.15, 0.2) is 0 Å². The van der Waals surface area contributed by atoms with Crippen LogP contribution in [0.1, 0.15) is 16.8 Å². The van der Waals surface area contributed by atoms with Crippen molar-refractivity contribution in [3.63, 3.8) is 0 Å². The molecule has 7 heteroatoms. The van der Waals surface area contributed by atoms with Gasteiger partial charge in [0.25, 0.3) is 5.91 Å². The van der Waals surface area contributed by atoms with Crippen LogP contribution < -0.4 is 9.88 Å². The van der Waals surface area contributed by atoms with Crippen LogP contribution in [-0.4, -0.2) is 45.2 Å². The molecule has 0 radical (unpaired) electrons. The molecule has 1 aliphatic rings. The number of benzene rings is 2. The van der Waals surface area contributed by atoms with Crippen LogP contribution in [0.25, 0.3) is 11.1 Å². The number of carbonyl (C=O) groups is 1. The molecule has 0 bridgehead atoms. The number of para-hydroxylation sites is 1. The highest BCUT2D eigenvalue weighted by molar-refractivity contribution is 7.89. The van der Waals surface area contributed by atoms with E-state index in [-0.39, 0.29) is 17.6 Å². The number of hydrogen-bond donors (Lipinski definition) is 1. The van der Waals surface area contributed by atoms with Crippen molar-refractivity contribution in [2.45, 2.75) is 6.42 Å². The lowest BCUT2D eigenvalue weighted by Gasteiger charge is -2.17. The van der Waals surface area contributed by atoms with Crippen LogP contribution >= 0.6 is 0 Å². The standard InChI is InChI=1S/C19H22N2O4S/c1-25-18-5-3-2-4-17(18)15-6-8-16(9-7-15)19(22)21-11-10-14(12-21)13-26(20,23)24/h2-9,14H,10-13H2,1H3,(H2,20,23,24)/t14-/m1/s1. The number of nitrogens with two attached hydrogens (primary N) is 1. The number of nitrogens with zero attached hydrogens (tertiary/aromatic N) is 1. The fourth-order valence-electron chi connectivity index (χ4n) is 3.34. The summed E-state index contributed by atoms with van der Waals surface area (Å²) in [6.07, 6.45) is 0.654. The zero-order valence-corrected chi connectivity index (χ0v) is 15.4. The number of likely N-dealkylation sites (tertiary alicyclic amines) is 1. The van der Waals surface area contributed by atoms with Crippen LogP contribution in [0, 0.1) is 5.92 Å². The lowest BCUT2D eigenvalue weighted by Crippen LogP contribution is -2.30. The normalized spacial score (nSPS) is 17.3. The Hall–Kier alpha value is -2.38. The van der Waals surface area contributed by atoms with Gasteiger partial charge in [0.05, 0.1) is 12.9 Å². The van der Waals surface area contributed by atoms with Crippen molar-refractivity contribution in [2.75, 3.05) is 26.0 Å². The first-order chi connectivity index (χ1) is 12.4. The summed E-state index contributed by atoms with van der Waals surface area (Å²) in [7, 11) is -1.89. The molecular formula is C19H22N2O4S. The molecule has 26 heavy (non-hydrogen) atoms. The minimum atomic E-state index is -3.51. The second-order valence-corrected chi connectivity index (χ2v) is 8.17. The molecule has 0 aromatic heterocycles. The first kappa shape index (κ1) is 18.4. The van der Waals surface area contributed by atoms with Crippen molar-refractivity contribution in [2.24, 2.45) is 11.1 Å². The lowest BCUT2D eigenvalue weighted by atomic mass is 10.0. The second kappa shape index (κ2) is 7.47. The predicted molar refractivity (Wildman–Crippen MR) is 100 cm³/mol. The largest absolute Gasteiger partial charge is 0.496 e. The zero-order chi connectivity index (χ0) is 18.7. The number of carbonyl (C=O) groups excluding carboxylic acids is 1. The van der Waals surface area contributed by atoms with Gasteiger partial charge in [0.1, 0.15) is 5.75 Å². The van der Waals surface area contributed by atoms with E-state index in [1.54, 1.807) is 24.1 Å². The summed E-state index contributed by atoms with van der Waals surface area (Å²) in [5, 5.41) is 5.10. The SMILES string of the molecule is COc1ccccc1-c1ccc(C(=O)N2CC[C@@H](CS(N)(=O)=O)C2)cc1. The number of primary sulfonamides is 1. The Morgan fingerprint density at radius 1 is 1.19 bits per heavy atom. The van der Waals surface area contributed by atoms with Crippen molar-refractivity contribution in [1.82, 2.24) is 4.90 Å². The van der Waals surface area contributed by atoms with E-state index in [0.29, 0.717) is 25.1 Å². The predicted octanol–water partition coefficient (Wildman–Crippen LogP) is 2.11. The van der Waals surface area contributed by atoms with Gasteiger partial charge in [0, 0.05) is 24.2 Å². The number of rotatable bonds is 5. The van der Waals surface area contributed by atoms with Crippen LogP contribution in [0.3, 0.4) is 0 Å². The smallest absolute Gasteiger partial charge is 0.253 e. The topological polar surface area (TPSA) is 89.7 Å². The first-order valence-electron chi connectivity index (χ1n) is 8.40. The van der Waals surface area contributed by atoms with Gasteiger partial charge in [-0.15, -0.1) is 0 Å². The second-order valence-electron chi connectivity index (χ2n) is 6.51. The molecule has 1 fully saturated rings. The molecular weight excluding hydrogens is 352 g/mol. The minimum absolute atomic E-state index is 0.0798. The van der Waals surface area contributed by atoms with Gasteiger partial charge in [0.2, 0.25) is 10.0 Å². The lowest BCUT2D eigenvalue weighted by molar-refractivity contribution is 0.0788. The van der Waals surface area contributed by atoms with E-state index in [9.17, 15) is 13.2 Å². The molecule has 1 aliphatic heterocycles. The van der Waals surface area contributed by atoms with Gasteiger partial charge in [-0.05, 0) is 36.1 Å². The number of ether oxygens (including phenoxy) is 1. The van der Waals surface area contributed by atoms with Crippen LogP contribution in [0.4, 0.5) is 0 Å². The summed E-state index contributed by atoms with van der Waals surface area (Å²) < 4.78 is 27.8. The molecule has 0 spiro atoms. The molecule has 1 amide bonds. The molecule has 1 saturated heterocycles. The summed E-state index contributed by atoms with van der Waals surface area (Å²) >= 11 is 0. The third kappa shape index (κ3) is 4.23. The highest BCUT2D eigenvalue weighted by Gasteiger charge is 2.29. The van der Waals surface area contributed by atoms with Crippen LogP contribution in [0.5, 0.6) is 5.75 Å². The molecule has 3 rings (SSSR count). The molecule has 2 aromatic rings. The van der Waals surface area contributed by atoms with Gasteiger partial charge >= 0.3 is 0 Å².